The van der Waals surface area contributed by atoms with Gasteiger partial charge in [0.1, 0.15) is 9.84 Å². The van der Waals surface area contributed by atoms with E-state index in [1.165, 1.54) is 6.26 Å². The van der Waals surface area contributed by atoms with Crippen molar-refractivity contribution in [2.24, 2.45) is 0 Å². The van der Waals surface area contributed by atoms with Crippen LogP contribution >= 0.6 is 27.7 Å². The zero-order chi connectivity index (χ0) is 15.6. The third-order valence-electron chi connectivity index (χ3n) is 2.69. The van der Waals surface area contributed by atoms with Gasteiger partial charge in [0.05, 0.1) is 22.5 Å². The highest BCUT2D eigenvalue weighted by Crippen LogP contribution is 2.26. The SMILES string of the molecule is CS(=O)(=O)CCn1c(SCC(=O)O)nc2cc(Br)ccc21. The predicted molar refractivity (Wildman–Crippen MR) is 85.5 cm³/mol. The first-order valence-corrected chi connectivity index (χ1v) is 9.78. The molecule has 1 aromatic heterocycles. The van der Waals surface area contributed by atoms with E-state index in [0.29, 0.717) is 10.7 Å². The molecular formula is C12H13BrN2O4S2. The van der Waals surface area contributed by atoms with Crippen LogP contribution in [0.4, 0.5) is 0 Å². The molecule has 0 radical (unpaired) electrons. The molecule has 0 aliphatic carbocycles. The molecule has 0 aliphatic heterocycles. The van der Waals surface area contributed by atoms with E-state index in [2.05, 4.69) is 20.9 Å². The van der Waals surface area contributed by atoms with Crippen LogP contribution < -0.4 is 0 Å². The van der Waals surface area contributed by atoms with Crippen LogP contribution in [-0.2, 0) is 21.2 Å². The third kappa shape index (κ3) is 4.45. The zero-order valence-corrected chi connectivity index (χ0v) is 14.3. The molecule has 2 rings (SSSR count). The highest BCUT2D eigenvalue weighted by molar-refractivity contribution is 9.10. The van der Waals surface area contributed by atoms with Crippen molar-refractivity contribution in [2.75, 3.05) is 17.8 Å². The molecule has 6 nitrogen and oxygen atoms in total. The molecule has 0 amide bonds. The van der Waals surface area contributed by atoms with Crippen LogP contribution in [0.1, 0.15) is 0 Å². The van der Waals surface area contributed by atoms with Gasteiger partial charge in [0.25, 0.3) is 0 Å². The molecule has 1 aromatic carbocycles. The monoisotopic (exact) mass is 392 g/mol. The molecule has 0 unspecified atom stereocenters. The number of benzene rings is 1. The van der Waals surface area contributed by atoms with E-state index in [0.717, 1.165) is 21.8 Å². The molecule has 0 bridgehead atoms. The summed E-state index contributed by atoms with van der Waals surface area (Å²) < 4.78 is 25.3. The first-order chi connectivity index (χ1) is 9.76. The van der Waals surface area contributed by atoms with E-state index in [-0.39, 0.29) is 18.1 Å². The Morgan fingerprint density at radius 2 is 2.19 bits per heavy atom. The Kier molecular flexibility index (Phi) is 4.95. The Morgan fingerprint density at radius 3 is 2.81 bits per heavy atom. The second-order valence-corrected chi connectivity index (χ2v) is 8.61. The van der Waals surface area contributed by atoms with Crippen LogP contribution in [0.15, 0.2) is 27.8 Å². The molecule has 2 aromatic rings. The fraction of sp³-hybridized carbons (Fsp3) is 0.333. The number of sulfone groups is 1. The highest BCUT2D eigenvalue weighted by Gasteiger charge is 2.14. The Morgan fingerprint density at radius 1 is 1.48 bits per heavy atom. The van der Waals surface area contributed by atoms with Gasteiger partial charge >= 0.3 is 5.97 Å². The number of carboxylic acid groups (broad SMARTS) is 1. The van der Waals surface area contributed by atoms with Crippen molar-refractivity contribution in [3.63, 3.8) is 0 Å². The summed E-state index contributed by atoms with van der Waals surface area (Å²) in [7, 11) is -3.11. The van der Waals surface area contributed by atoms with E-state index >= 15 is 0 Å². The molecule has 0 saturated heterocycles. The van der Waals surface area contributed by atoms with Gasteiger partial charge in [0, 0.05) is 17.3 Å². The van der Waals surface area contributed by atoms with Crippen molar-refractivity contribution in [3.8, 4) is 0 Å². The summed E-state index contributed by atoms with van der Waals surface area (Å²) in [6, 6.07) is 5.49. The van der Waals surface area contributed by atoms with Gasteiger partial charge in [-0.2, -0.15) is 0 Å². The second-order valence-electron chi connectivity index (χ2n) is 4.49. The van der Waals surface area contributed by atoms with Crippen molar-refractivity contribution >= 4 is 54.5 Å². The van der Waals surface area contributed by atoms with E-state index in [1.54, 1.807) is 4.57 Å². The number of hydrogen-bond acceptors (Lipinski definition) is 5. The number of thioether (sulfide) groups is 1. The molecular weight excluding hydrogens is 380 g/mol. The lowest BCUT2D eigenvalue weighted by molar-refractivity contribution is -0.133. The van der Waals surface area contributed by atoms with Crippen molar-refractivity contribution in [1.82, 2.24) is 9.55 Å². The number of aliphatic carboxylic acids is 1. The normalized spacial score (nSPS) is 11.9. The maximum absolute atomic E-state index is 11.4. The maximum Gasteiger partial charge on any atom is 0.313 e. The summed E-state index contributed by atoms with van der Waals surface area (Å²) in [4.78, 5) is 15.1. The fourth-order valence-corrected chi connectivity index (χ4v) is 3.41. The summed E-state index contributed by atoms with van der Waals surface area (Å²) in [5, 5.41) is 9.29. The number of aryl methyl sites for hydroxylation is 1. The largest absolute Gasteiger partial charge is 0.481 e. The first-order valence-electron chi connectivity index (χ1n) is 5.94. The lowest BCUT2D eigenvalue weighted by Crippen LogP contribution is -2.12. The number of carbonyl (C=O) groups is 1. The molecule has 0 fully saturated rings. The number of halogens is 1. The zero-order valence-electron chi connectivity index (χ0n) is 11.1. The van der Waals surface area contributed by atoms with Crippen molar-refractivity contribution in [3.05, 3.63) is 22.7 Å². The molecule has 9 heteroatoms. The standard InChI is InChI=1S/C12H13BrN2O4S2/c1-21(18,19)5-4-15-10-3-2-8(13)6-9(10)14-12(15)20-7-11(16)17/h2-3,6H,4-5,7H2,1H3,(H,16,17). The van der Waals surface area contributed by atoms with E-state index in [1.807, 2.05) is 18.2 Å². The topological polar surface area (TPSA) is 89.3 Å². The van der Waals surface area contributed by atoms with Gasteiger partial charge in [-0.3, -0.25) is 4.79 Å². The van der Waals surface area contributed by atoms with E-state index in [9.17, 15) is 13.2 Å². The predicted octanol–water partition coefficient (Wildman–Crippen LogP) is 2.02. The summed E-state index contributed by atoms with van der Waals surface area (Å²) in [6.07, 6.45) is 1.17. The van der Waals surface area contributed by atoms with Crippen LogP contribution in [0, 0.1) is 0 Å². The number of fused-ring (bicyclic) bond motifs is 1. The fourth-order valence-electron chi connectivity index (χ4n) is 1.79. The van der Waals surface area contributed by atoms with Crippen molar-refractivity contribution in [2.45, 2.75) is 11.7 Å². The molecule has 0 aliphatic rings. The molecule has 0 atom stereocenters. The molecule has 1 N–H and O–H groups in total. The van der Waals surface area contributed by atoms with Crippen LogP contribution in [-0.4, -0.2) is 46.8 Å². The molecule has 1 heterocycles. The van der Waals surface area contributed by atoms with Gasteiger partial charge < -0.3 is 9.67 Å². The van der Waals surface area contributed by atoms with Gasteiger partial charge in [-0.15, -0.1) is 0 Å². The third-order valence-corrected chi connectivity index (χ3v) is 5.06. The Hall–Kier alpha value is -1.06. The molecule has 0 spiro atoms. The molecule has 0 saturated carbocycles. The Balaban J connectivity index is 2.41. The number of imidazole rings is 1. The number of hydrogen-bond donors (Lipinski definition) is 1. The van der Waals surface area contributed by atoms with Crippen molar-refractivity contribution < 1.29 is 18.3 Å². The highest BCUT2D eigenvalue weighted by atomic mass is 79.9. The molecule has 21 heavy (non-hydrogen) atoms. The van der Waals surface area contributed by atoms with E-state index in [4.69, 9.17) is 5.11 Å². The summed E-state index contributed by atoms with van der Waals surface area (Å²) in [6.45, 7) is 0.249. The smallest absolute Gasteiger partial charge is 0.313 e. The van der Waals surface area contributed by atoms with Crippen LogP contribution in [0.2, 0.25) is 0 Å². The van der Waals surface area contributed by atoms with Gasteiger partial charge in [0.15, 0.2) is 5.16 Å². The van der Waals surface area contributed by atoms with Crippen LogP contribution in [0.25, 0.3) is 11.0 Å². The number of rotatable bonds is 6. The minimum atomic E-state index is -3.11. The summed E-state index contributed by atoms with van der Waals surface area (Å²) >= 11 is 4.43. The van der Waals surface area contributed by atoms with E-state index < -0.39 is 15.8 Å². The maximum atomic E-state index is 11.4. The average molecular weight is 393 g/mol. The Labute approximate surface area is 134 Å². The van der Waals surface area contributed by atoms with Gasteiger partial charge in [-0.1, -0.05) is 27.7 Å². The lowest BCUT2D eigenvalue weighted by Gasteiger charge is -2.07. The van der Waals surface area contributed by atoms with Gasteiger partial charge in [-0.25, -0.2) is 13.4 Å². The Bertz CT molecular complexity index is 786. The van der Waals surface area contributed by atoms with Crippen LogP contribution in [0.5, 0.6) is 0 Å². The minimum Gasteiger partial charge on any atom is -0.481 e. The molecule has 114 valence electrons. The summed E-state index contributed by atoms with van der Waals surface area (Å²) in [5.41, 5.74) is 1.49. The first kappa shape index (κ1) is 16.3. The number of carboxylic acids is 1. The van der Waals surface area contributed by atoms with Crippen LogP contribution in [0.3, 0.4) is 0 Å². The quantitative estimate of drug-likeness (QED) is 0.756. The number of nitrogens with zero attached hydrogens (tertiary/aromatic N) is 2. The minimum absolute atomic E-state index is 0.0187. The lowest BCUT2D eigenvalue weighted by atomic mass is 10.3. The second kappa shape index (κ2) is 6.37. The number of aromatic nitrogens is 2. The van der Waals surface area contributed by atoms with Gasteiger partial charge in [0.2, 0.25) is 0 Å². The average Bonchev–Trinajstić information content (AvgIpc) is 2.69. The van der Waals surface area contributed by atoms with Gasteiger partial charge in [-0.05, 0) is 18.2 Å². The van der Waals surface area contributed by atoms with Crippen molar-refractivity contribution in [1.29, 1.82) is 0 Å². The summed E-state index contributed by atoms with van der Waals surface area (Å²) in [5.74, 6) is -1.08.